The summed E-state index contributed by atoms with van der Waals surface area (Å²) in [5.41, 5.74) is 7.96. The Hall–Kier alpha value is -4.20. The molecule has 2 saturated heterocycles. The summed E-state index contributed by atoms with van der Waals surface area (Å²) < 4.78 is 42.9. The first-order chi connectivity index (χ1) is 20.2. The molecule has 4 aromatic rings. The molecule has 5 heterocycles. The number of piperidine rings is 1. The molecule has 2 aliphatic rings. The van der Waals surface area contributed by atoms with Crippen molar-refractivity contribution in [2.75, 3.05) is 43.6 Å². The number of nitrogens with one attached hydrogen (secondary N) is 2. The highest BCUT2D eigenvalue weighted by Crippen LogP contribution is 2.37. The van der Waals surface area contributed by atoms with Crippen LogP contribution in [0.3, 0.4) is 0 Å². The average Bonchev–Trinajstić information content (AvgIpc) is 3.32. The Labute approximate surface area is 241 Å². The van der Waals surface area contributed by atoms with Gasteiger partial charge in [0, 0.05) is 45.4 Å². The SMILES string of the molecule is COC1(c2cc(F)c(-c3ccc4cnc(Nc5cnccc5N5C[C@@H](N)[C@@H](NC(C)=O)[C@@H](C)C5)n4n3)c(F)c2)COC1. The summed E-state index contributed by atoms with van der Waals surface area (Å²) in [6.45, 7) is 5.17. The van der Waals surface area contributed by atoms with E-state index in [4.69, 9.17) is 15.2 Å². The number of nitrogens with zero attached hydrogens (tertiary/aromatic N) is 5. The van der Waals surface area contributed by atoms with E-state index in [1.165, 1.54) is 30.7 Å². The maximum absolute atomic E-state index is 15.4. The summed E-state index contributed by atoms with van der Waals surface area (Å²) >= 11 is 0. The molecule has 11 nitrogen and oxygen atoms in total. The smallest absolute Gasteiger partial charge is 0.229 e. The van der Waals surface area contributed by atoms with Gasteiger partial charge in [0.05, 0.1) is 53.8 Å². The van der Waals surface area contributed by atoms with Gasteiger partial charge in [0.2, 0.25) is 11.9 Å². The van der Waals surface area contributed by atoms with Crippen LogP contribution in [0.25, 0.3) is 16.8 Å². The molecular formula is C29H32F2N8O3. The minimum atomic E-state index is -0.860. The summed E-state index contributed by atoms with van der Waals surface area (Å²) in [6, 6.07) is 7.26. The normalized spacial score (nSPS) is 21.7. The van der Waals surface area contributed by atoms with Gasteiger partial charge < -0.3 is 30.7 Å². The van der Waals surface area contributed by atoms with E-state index >= 15 is 8.78 Å². The third-order valence-electron chi connectivity index (χ3n) is 8.04. The average molecular weight is 579 g/mol. The lowest BCUT2D eigenvalue weighted by Gasteiger charge is -2.42. The Bertz CT molecular complexity index is 1600. The fraction of sp³-hybridized carbons (Fsp3) is 0.379. The molecular weight excluding hydrogens is 546 g/mol. The van der Waals surface area contributed by atoms with Gasteiger partial charge in [-0.25, -0.2) is 13.8 Å². The van der Waals surface area contributed by atoms with Crippen LogP contribution in [0.1, 0.15) is 19.4 Å². The van der Waals surface area contributed by atoms with E-state index in [9.17, 15) is 4.79 Å². The third kappa shape index (κ3) is 4.93. The fourth-order valence-electron chi connectivity index (χ4n) is 5.76. The lowest BCUT2D eigenvalue weighted by molar-refractivity contribution is -0.202. The highest BCUT2D eigenvalue weighted by atomic mass is 19.1. The van der Waals surface area contributed by atoms with Crippen LogP contribution in [-0.4, -0.2) is 71.0 Å². The van der Waals surface area contributed by atoms with E-state index in [1.54, 1.807) is 30.7 Å². The van der Waals surface area contributed by atoms with Crippen LogP contribution >= 0.6 is 0 Å². The van der Waals surface area contributed by atoms with Gasteiger partial charge in [0.1, 0.15) is 17.2 Å². The Morgan fingerprint density at radius 2 is 1.93 bits per heavy atom. The first-order valence-electron chi connectivity index (χ1n) is 13.7. The maximum atomic E-state index is 15.4. The molecule has 4 N–H and O–H groups in total. The van der Waals surface area contributed by atoms with Crippen molar-refractivity contribution in [1.29, 1.82) is 0 Å². The lowest BCUT2D eigenvalue weighted by Crippen LogP contribution is -2.61. The van der Waals surface area contributed by atoms with Crippen molar-refractivity contribution in [3.05, 3.63) is 66.1 Å². The zero-order chi connectivity index (χ0) is 29.6. The standard InChI is InChI=1S/C29H32F2N8O3/c1-16-12-38(13-22(32)27(16)35-17(2)40)25-6-7-33-11-24(25)36-28-34-10-19-4-5-23(37-39(19)28)26-20(30)8-18(9-21(26)31)29(41-3)14-42-15-29/h4-11,16,22,27H,12-15,32H2,1-3H3,(H,34,36)(H,35,40)/t16-,22+,27-/m0/s1. The molecule has 3 aromatic heterocycles. The first kappa shape index (κ1) is 27.9. The number of hydrogen-bond acceptors (Lipinski definition) is 9. The van der Waals surface area contributed by atoms with Gasteiger partial charge in [-0.1, -0.05) is 6.92 Å². The molecule has 6 rings (SSSR count). The van der Waals surface area contributed by atoms with E-state index in [0.29, 0.717) is 35.8 Å². The molecule has 0 bridgehead atoms. The number of nitrogens with two attached hydrogens (primary N) is 1. The predicted octanol–water partition coefficient (Wildman–Crippen LogP) is 2.97. The number of halogens is 2. The summed E-state index contributed by atoms with van der Waals surface area (Å²) in [5.74, 6) is -1.17. The second kappa shape index (κ2) is 10.9. The number of amides is 1. The zero-order valence-corrected chi connectivity index (χ0v) is 23.5. The van der Waals surface area contributed by atoms with Crippen molar-refractivity contribution in [2.45, 2.75) is 31.5 Å². The second-order valence-electron chi connectivity index (χ2n) is 10.9. The van der Waals surface area contributed by atoms with Crippen molar-refractivity contribution in [2.24, 2.45) is 11.7 Å². The number of methoxy groups -OCH3 is 1. The van der Waals surface area contributed by atoms with Gasteiger partial charge in [0.15, 0.2) is 0 Å². The first-order valence-corrected chi connectivity index (χ1v) is 13.7. The van der Waals surface area contributed by atoms with Crippen LogP contribution in [0.15, 0.2) is 48.9 Å². The van der Waals surface area contributed by atoms with E-state index in [-0.39, 0.29) is 48.4 Å². The molecule has 42 heavy (non-hydrogen) atoms. The Balaban J connectivity index is 1.30. The number of anilines is 3. The van der Waals surface area contributed by atoms with Crippen LogP contribution < -0.4 is 21.3 Å². The van der Waals surface area contributed by atoms with Gasteiger partial charge in [-0.3, -0.25) is 9.78 Å². The number of benzene rings is 1. The Kier molecular flexibility index (Phi) is 7.25. The number of aromatic nitrogens is 4. The molecule has 13 heteroatoms. The molecule has 0 radical (unpaired) electrons. The van der Waals surface area contributed by atoms with Gasteiger partial charge in [-0.05, 0) is 41.8 Å². The lowest BCUT2D eigenvalue weighted by atomic mass is 9.89. The van der Waals surface area contributed by atoms with Crippen LogP contribution in [0.4, 0.5) is 26.1 Å². The Morgan fingerprint density at radius 3 is 2.57 bits per heavy atom. The van der Waals surface area contributed by atoms with Crippen LogP contribution in [-0.2, 0) is 19.9 Å². The maximum Gasteiger partial charge on any atom is 0.229 e. The number of pyridine rings is 1. The van der Waals surface area contributed by atoms with Crippen molar-refractivity contribution in [3.63, 3.8) is 0 Å². The number of rotatable bonds is 7. The van der Waals surface area contributed by atoms with E-state index < -0.39 is 17.2 Å². The highest BCUT2D eigenvalue weighted by molar-refractivity contribution is 5.75. The topological polar surface area (TPSA) is 132 Å². The third-order valence-corrected chi connectivity index (χ3v) is 8.04. The molecule has 3 atom stereocenters. The summed E-state index contributed by atoms with van der Waals surface area (Å²) in [6.07, 6.45) is 4.97. The monoisotopic (exact) mass is 578 g/mol. The minimum absolute atomic E-state index is 0.0990. The second-order valence-corrected chi connectivity index (χ2v) is 10.9. The van der Waals surface area contributed by atoms with Crippen LogP contribution in [0.5, 0.6) is 0 Å². The Morgan fingerprint density at radius 1 is 1.17 bits per heavy atom. The largest absolute Gasteiger partial charge is 0.375 e. The minimum Gasteiger partial charge on any atom is -0.375 e. The molecule has 1 aromatic carbocycles. The van der Waals surface area contributed by atoms with E-state index in [1.807, 2.05) is 13.0 Å². The van der Waals surface area contributed by atoms with Crippen molar-refractivity contribution < 1.29 is 23.0 Å². The zero-order valence-electron chi connectivity index (χ0n) is 23.5. The number of carbonyl (C=O) groups is 1. The van der Waals surface area contributed by atoms with E-state index in [2.05, 4.69) is 30.6 Å². The number of imidazole rings is 1. The molecule has 0 spiro atoms. The molecule has 0 saturated carbocycles. The number of hydrogen-bond donors (Lipinski definition) is 3. The molecule has 0 unspecified atom stereocenters. The highest BCUT2D eigenvalue weighted by Gasteiger charge is 2.42. The van der Waals surface area contributed by atoms with Crippen molar-refractivity contribution in [3.8, 4) is 11.3 Å². The number of fused-ring (bicyclic) bond motifs is 1. The quantitative estimate of drug-likeness (QED) is 0.303. The molecule has 2 fully saturated rings. The molecule has 220 valence electrons. The van der Waals surface area contributed by atoms with Gasteiger partial charge in [-0.15, -0.1) is 0 Å². The van der Waals surface area contributed by atoms with Crippen LogP contribution in [0, 0.1) is 17.6 Å². The van der Waals surface area contributed by atoms with Gasteiger partial charge >= 0.3 is 0 Å². The number of ether oxygens (including phenoxy) is 2. The molecule has 0 aliphatic carbocycles. The summed E-state index contributed by atoms with van der Waals surface area (Å²) in [7, 11) is 1.49. The summed E-state index contributed by atoms with van der Waals surface area (Å²) in [5, 5.41) is 10.8. The van der Waals surface area contributed by atoms with Crippen molar-refractivity contribution in [1.82, 2.24) is 24.9 Å². The van der Waals surface area contributed by atoms with Crippen LogP contribution in [0.2, 0.25) is 0 Å². The fourth-order valence-corrected chi connectivity index (χ4v) is 5.76. The molecule has 2 aliphatic heterocycles. The van der Waals surface area contributed by atoms with Crippen molar-refractivity contribution >= 4 is 28.7 Å². The molecule has 1 amide bonds. The summed E-state index contributed by atoms with van der Waals surface area (Å²) in [4.78, 5) is 22.5. The van der Waals surface area contributed by atoms with Gasteiger partial charge in [-0.2, -0.15) is 9.61 Å². The van der Waals surface area contributed by atoms with Gasteiger partial charge in [0.25, 0.3) is 0 Å². The predicted molar refractivity (Wildman–Crippen MR) is 152 cm³/mol. The van der Waals surface area contributed by atoms with E-state index in [0.717, 1.165) is 5.69 Å². The number of carbonyl (C=O) groups excluding carboxylic acids is 1.